The molecule has 0 saturated carbocycles. The molecule has 0 fully saturated rings. The first-order chi connectivity index (χ1) is 22.1. The Balaban J connectivity index is 1.41. The molecule has 0 saturated heterocycles. The summed E-state index contributed by atoms with van der Waals surface area (Å²) in [5.74, 6) is 0.691. The van der Waals surface area contributed by atoms with Gasteiger partial charge in [0.2, 0.25) is 5.95 Å². The van der Waals surface area contributed by atoms with Crippen molar-refractivity contribution in [2.75, 3.05) is 0 Å². The summed E-state index contributed by atoms with van der Waals surface area (Å²) in [6, 6.07) is 45.8. The molecule has 1 aliphatic heterocycles. The zero-order chi connectivity index (χ0) is 29.9. The molecule has 0 amide bonds. The zero-order valence-electron chi connectivity index (χ0n) is 25.0. The van der Waals surface area contributed by atoms with Crippen molar-refractivity contribution >= 4 is 73.0 Å². The number of hydrogen-bond acceptors (Lipinski definition) is 2. The average molecular weight is 593 g/mol. The van der Waals surface area contributed by atoms with E-state index in [0.717, 1.165) is 44.2 Å². The standard InChI is InChI=1S/C40H28N4Si/c1-45(2)33-19-11-8-16-29(33)35-34(45)23-22-30-36(24-12-4-3-5-13-24)42-40(43-37(30)35)44-32-18-10-7-15-26(32)28-21-20-27-25-14-6-9-17-31(25)41-38(27)39(28)44/h3-23,41H,1-2H3. The lowest BCUT2D eigenvalue weighted by atomic mass is 9.99. The third-order valence-corrected chi connectivity index (χ3v) is 13.5. The lowest BCUT2D eigenvalue weighted by Gasteiger charge is -2.19. The van der Waals surface area contributed by atoms with Crippen LogP contribution in [0.1, 0.15) is 0 Å². The van der Waals surface area contributed by atoms with Gasteiger partial charge in [-0.3, -0.25) is 4.57 Å². The normalized spacial score (nSPS) is 13.7. The van der Waals surface area contributed by atoms with E-state index >= 15 is 0 Å². The maximum absolute atomic E-state index is 5.56. The molecule has 0 radical (unpaired) electrons. The van der Waals surface area contributed by atoms with E-state index in [1.165, 1.54) is 43.0 Å². The van der Waals surface area contributed by atoms with Crippen LogP contribution in [0.3, 0.4) is 0 Å². The van der Waals surface area contributed by atoms with Crippen LogP contribution in [-0.4, -0.2) is 27.6 Å². The Kier molecular flexibility index (Phi) is 4.85. The van der Waals surface area contributed by atoms with Crippen molar-refractivity contribution in [2.24, 2.45) is 0 Å². The summed E-state index contributed by atoms with van der Waals surface area (Å²) in [7, 11) is -1.89. The van der Waals surface area contributed by atoms with Gasteiger partial charge in [-0.25, -0.2) is 9.97 Å². The first-order valence-electron chi connectivity index (χ1n) is 15.5. The van der Waals surface area contributed by atoms with Crippen LogP contribution in [0.4, 0.5) is 0 Å². The fraction of sp³-hybridized carbons (Fsp3) is 0.0500. The fourth-order valence-electron chi connectivity index (χ4n) is 7.86. The number of aromatic nitrogens is 4. The molecule has 6 aromatic carbocycles. The Morgan fingerprint density at radius 2 is 1.29 bits per heavy atom. The van der Waals surface area contributed by atoms with Gasteiger partial charge in [0.1, 0.15) is 8.07 Å². The zero-order valence-corrected chi connectivity index (χ0v) is 26.0. The summed E-state index contributed by atoms with van der Waals surface area (Å²) in [5, 5.41) is 8.81. The molecule has 0 aliphatic carbocycles. The molecule has 4 nitrogen and oxygen atoms in total. The summed E-state index contributed by atoms with van der Waals surface area (Å²) in [4.78, 5) is 14.8. The molecular weight excluding hydrogens is 565 g/mol. The van der Waals surface area contributed by atoms with Crippen LogP contribution in [0.25, 0.3) is 82.8 Å². The van der Waals surface area contributed by atoms with Gasteiger partial charge in [0.05, 0.1) is 27.8 Å². The van der Waals surface area contributed by atoms with Crippen molar-refractivity contribution in [3.63, 3.8) is 0 Å². The summed E-state index contributed by atoms with van der Waals surface area (Å²) in [5.41, 5.74) is 10.1. The fourth-order valence-corrected chi connectivity index (χ4v) is 10.9. The highest BCUT2D eigenvalue weighted by Gasteiger charge is 2.39. The molecule has 5 heteroatoms. The van der Waals surface area contributed by atoms with Crippen LogP contribution in [0.5, 0.6) is 0 Å². The molecule has 0 spiro atoms. The minimum absolute atomic E-state index is 0.691. The second-order valence-electron chi connectivity index (χ2n) is 12.7. The smallest absolute Gasteiger partial charge is 0.235 e. The molecule has 0 unspecified atom stereocenters. The molecule has 1 aliphatic rings. The summed E-state index contributed by atoms with van der Waals surface area (Å²) in [6.07, 6.45) is 0. The van der Waals surface area contributed by atoms with Gasteiger partial charge in [0.15, 0.2) is 0 Å². The van der Waals surface area contributed by atoms with E-state index < -0.39 is 8.07 Å². The minimum atomic E-state index is -1.89. The van der Waals surface area contributed by atoms with Gasteiger partial charge in [0, 0.05) is 43.6 Å². The number of fused-ring (bicyclic) bond motifs is 12. The highest BCUT2D eigenvalue weighted by molar-refractivity contribution is 7.04. The van der Waals surface area contributed by atoms with Crippen molar-refractivity contribution in [3.05, 3.63) is 127 Å². The Bertz CT molecular complexity index is 2680. The van der Waals surface area contributed by atoms with E-state index in [1.54, 1.807) is 0 Å². The molecular formula is C40H28N4Si. The van der Waals surface area contributed by atoms with Crippen molar-refractivity contribution < 1.29 is 0 Å². The Morgan fingerprint density at radius 1 is 0.578 bits per heavy atom. The first-order valence-corrected chi connectivity index (χ1v) is 18.5. The summed E-state index contributed by atoms with van der Waals surface area (Å²) >= 11 is 0. The number of aromatic amines is 1. The average Bonchev–Trinajstić information content (AvgIpc) is 3.71. The number of para-hydroxylation sites is 2. The van der Waals surface area contributed by atoms with Crippen LogP contribution in [0.2, 0.25) is 13.1 Å². The third kappa shape index (κ3) is 3.25. The van der Waals surface area contributed by atoms with Crippen LogP contribution >= 0.6 is 0 Å². The van der Waals surface area contributed by atoms with E-state index in [0.29, 0.717) is 5.95 Å². The van der Waals surface area contributed by atoms with E-state index in [-0.39, 0.29) is 0 Å². The quantitative estimate of drug-likeness (QED) is 0.204. The van der Waals surface area contributed by atoms with Crippen LogP contribution < -0.4 is 10.4 Å². The summed E-state index contributed by atoms with van der Waals surface area (Å²) in [6.45, 7) is 4.92. The van der Waals surface area contributed by atoms with E-state index in [2.05, 4.69) is 150 Å². The van der Waals surface area contributed by atoms with E-state index in [1.807, 2.05) is 0 Å². The summed E-state index contributed by atoms with van der Waals surface area (Å²) < 4.78 is 2.29. The monoisotopic (exact) mass is 592 g/mol. The van der Waals surface area contributed by atoms with Gasteiger partial charge in [-0.15, -0.1) is 0 Å². The van der Waals surface area contributed by atoms with Crippen molar-refractivity contribution in [3.8, 4) is 28.3 Å². The van der Waals surface area contributed by atoms with Gasteiger partial charge >= 0.3 is 0 Å². The molecule has 0 atom stereocenters. The van der Waals surface area contributed by atoms with Gasteiger partial charge in [-0.05, 0) is 28.1 Å². The number of nitrogens with zero attached hydrogens (tertiary/aromatic N) is 3. The van der Waals surface area contributed by atoms with Crippen molar-refractivity contribution in [1.29, 1.82) is 0 Å². The van der Waals surface area contributed by atoms with Gasteiger partial charge in [0.25, 0.3) is 0 Å². The van der Waals surface area contributed by atoms with Gasteiger partial charge in [-0.1, -0.05) is 128 Å². The minimum Gasteiger partial charge on any atom is -0.353 e. The van der Waals surface area contributed by atoms with Crippen LogP contribution in [0.15, 0.2) is 127 Å². The predicted octanol–water partition coefficient (Wildman–Crippen LogP) is 8.83. The molecule has 212 valence electrons. The van der Waals surface area contributed by atoms with Crippen LogP contribution in [-0.2, 0) is 0 Å². The molecule has 45 heavy (non-hydrogen) atoms. The second-order valence-corrected chi connectivity index (χ2v) is 17.0. The second kappa shape index (κ2) is 8.77. The highest BCUT2D eigenvalue weighted by Crippen LogP contribution is 2.41. The number of rotatable bonds is 2. The Hall–Kier alpha value is -5.52. The third-order valence-electron chi connectivity index (χ3n) is 9.96. The number of hydrogen-bond donors (Lipinski definition) is 1. The predicted molar refractivity (Wildman–Crippen MR) is 191 cm³/mol. The van der Waals surface area contributed by atoms with Gasteiger partial charge in [-0.2, -0.15) is 0 Å². The molecule has 1 N–H and O–H groups in total. The Morgan fingerprint density at radius 3 is 2.18 bits per heavy atom. The number of H-pyrrole nitrogens is 1. The first kappa shape index (κ1) is 24.9. The lowest BCUT2D eigenvalue weighted by molar-refractivity contribution is 1.02. The molecule has 9 aromatic rings. The molecule has 3 aromatic heterocycles. The maximum Gasteiger partial charge on any atom is 0.235 e. The van der Waals surface area contributed by atoms with E-state index in [4.69, 9.17) is 9.97 Å². The van der Waals surface area contributed by atoms with Crippen LogP contribution in [0, 0.1) is 0 Å². The topological polar surface area (TPSA) is 46.5 Å². The molecule has 0 bridgehead atoms. The maximum atomic E-state index is 5.56. The highest BCUT2D eigenvalue weighted by atomic mass is 28.3. The lowest BCUT2D eigenvalue weighted by Crippen LogP contribution is -2.49. The largest absolute Gasteiger partial charge is 0.353 e. The van der Waals surface area contributed by atoms with Crippen molar-refractivity contribution in [2.45, 2.75) is 13.1 Å². The van der Waals surface area contributed by atoms with E-state index in [9.17, 15) is 0 Å². The number of benzene rings is 6. The molecule has 10 rings (SSSR count). The SMILES string of the molecule is C[Si]1(C)c2ccccc2-c2c1ccc1c(-c3ccccc3)nc(-n3c4ccccc4c4ccc5c6ccccc6[nH]c5c43)nc21. The van der Waals surface area contributed by atoms with Gasteiger partial charge < -0.3 is 4.98 Å². The molecule has 4 heterocycles. The van der Waals surface area contributed by atoms with Crippen molar-refractivity contribution in [1.82, 2.24) is 19.5 Å². The Labute approximate surface area is 260 Å². The number of nitrogens with one attached hydrogen (secondary N) is 1.